The molecule has 0 spiro atoms. The Labute approximate surface area is 133 Å². The number of hydrogen-bond donors (Lipinski definition) is 1. The minimum atomic E-state index is -0.948. The second kappa shape index (κ2) is 6.71. The topological polar surface area (TPSA) is 66.8 Å². The Bertz CT molecular complexity index is 558. The predicted molar refractivity (Wildman–Crippen MR) is 84.3 cm³/mol. The number of nitrogens with zero attached hydrogens (tertiary/aromatic N) is 1. The molecule has 2 saturated heterocycles. The van der Waals surface area contributed by atoms with E-state index in [0.29, 0.717) is 11.7 Å². The Morgan fingerprint density at radius 2 is 2.09 bits per heavy atom. The van der Waals surface area contributed by atoms with Gasteiger partial charge in [-0.15, -0.1) is 0 Å². The van der Waals surface area contributed by atoms with Crippen molar-refractivity contribution in [3.8, 4) is 0 Å². The molecule has 2 aliphatic heterocycles. The Morgan fingerprint density at radius 1 is 1.32 bits per heavy atom. The van der Waals surface area contributed by atoms with E-state index in [0.717, 1.165) is 37.5 Å². The number of fused-ring (bicyclic) bond motifs is 1. The summed E-state index contributed by atoms with van der Waals surface area (Å²) >= 11 is 1.90. The Morgan fingerprint density at radius 3 is 2.82 bits per heavy atom. The van der Waals surface area contributed by atoms with Gasteiger partial charge in [0.1, 0.15) is 0 Å². The van der Waals surface area contributed by atoms with Crippen molar-refractivity contribution in [2.45, 2.75) is 24.1 Å². The minimum absolute atomic E-state index is 0.125. The van der Waals surface area contributed by atoms with Crippen LogP contribution in [0, 0.1) is 0 Å². The van der Waals surface area contributed by atoms with Gasteiger partial charge < -0.3 is 14.7 Å². The fourth-order valence-corrected chi connectivity index (χ4v) is 4.34. The standard InChI is InChI=1S/C16H19NO4S/c18-15(9-11-1-3-12(4-2-11)16(19)20)17-6-8-22-14-10-21-7-5-13(14)17/h1-4,13-14H,5-10H2,(H,19,20). The van der Waals surface area contributed by atoms with Gasteiger partial charge in [-0.05, 0) is 24.1 Å². The first-order valence-electron chi connectivity index (χ1n) is 7.46. The fourth-order valence-electron chi connectivity index (χ4n) is 3.04. The number of carbonyl (C=O) groups is 2. The Balaban J connectivity index is 1.66. The molecule has 1 amide bonds. The van der Waals surface area contributed by atoms with Crippen LogP contribution in [-0.4, -0.2) is 58.7 Å². The van der Waals surface area contributed by atoms with E-state index in [1.165, 1.54) is 0 Å². The van der Waals surface area contributed by atoms with Gasteiger partial charge in [0.15, 0.2) is 0 Å². The van der Waals surface area contributed by atoms with E-state index in [9.17, 15) is 9.59 Å². The Hall–Kier alpha value is -1.53. The van der Waals surface area contributed by atoms with Crippen molar-refractivity contribution in [2.75, 3.05) is 25.5 Å². The number of thioether (sulfide) groups is 1. The zero-order valence-electron chi connectivity index (χ0n) is 12.2. The van der Waals surface area contributed by atoms with E-state index in [1.54, 1.807) is 24.3 Å². The molecule has 0 saturated carbocycles. The summed E-state index contributed by atoms with van der Waals surface area (Å²) in [5.41, 5.74) is 1.10. The van der Waals surface area contributed by atoms with Gasteiger partial charge in [0.05, 0.1) is 18.6 Å². The first kappa shape index (κ1) is 15.4. The van der Waals surface area contributed by atoms with Crippen LogP contribution in [0.4, 0.5) is 0 Å². The summed E-state index contributed by atoms with van der Waals surface area (Å²) in [5.74, 6) is 0.130. The first-order chi connectivity index (χ1) is 10.6. The van der Waals surface area contributed by atoms with Crippen LogP contribution in [0.25, 0.3) is 0 Å². The van der Waals surface area contributed by atoms with Crippen LogP contribution >= 0.6 is 11.8 Å². The molecular formula is C16H19NO4S. The maximum Gasteiger partial charge on any atom is 0.335 e. The summed E-state index contributed by atoms with van der Waals surface area (Å²) < 4.78 is 5.51. The van der Waals surface area contributed by atoms with E-state index in [2.05, 4.69) is 0 Å². The number of hydrogen-bond acceptors (Lipinski definition) is 4. The van der Waals surface area contributed by atoms with Gasteiger partial charge in [-0.3, -0.25) is 4.79 Å². The number of carbonyl (C=O) groups excluding carboxylic acids is 1. The molecule has 1 aromatic rings. The van der Waals surface area contributed by atoms with Crippen LogP contribution in [0.15, 0.2) is 24.3 Å². The van der Waals surface area contributed by atoms with Crippen molar-refractivity contribution >= 4 is 23.6 Å². The minimum Gasteiger partial charge on any atom is -0.478 e. The van der Waals surface area contributed by atoms with E-state index in [1.807, 2.05) is 16.7 Å². The lowest BCUT2D eigenvalue weighted by molar-refractivity contribution is -0.134. The molecule has 3 rings (SSSR count). The highest BCUT2D eigenvalue weighted by Gasteiger charge is 2.36. The molecule has 0 aromatic heterocycles. The molecule has 0 radical (unpaired) electrons. The highest BCUT2D eigenvalue weighted by molar-refractivity contribution is 8.00. The number of rotatable bonds is 3. The fraction of sp³-hybridized carbons (Fsp3) is 0.500. The van der Waals surface area contributed by atoms with Gasteiger partial charge >= 0.3 is 5.97 Å². The quantitative estimate of drug-likeness (QED) is 0.917. The molecule has 118 valence electrons. The van der Waals surface area contributed by atoms with E-state index in [4.69, 9.17) is 9.84 Å². The number of benzene rings is 1. The lowest BCUT2D eigenvalue weighted by atomic mass is 10.0. The number of carboxylic acid groups (broad SMARTS) is 1. The van der Waals surface area contributed by atoms with Crippen LogP contribution in [0.3, 0.4) is 0 Å². The van der Waals surface area contributed by atoms with Crippen molar-refractivity contribution in [2.24, 2.45) is 0 Å². The average Bonchev–Trinajstić information content (AvgIpc) is 2.54. The van der Waals surface area contributed by atoms with Crippen LogP contribution < -0.4 is 0 Å². The average molecular weight is 321 g/mol. The largest absolute Gasteiger partial charge is 0.478 e. The molecule has 2 heterocycles. The zero-order chi connectivity index (χ0) is 15.5. The lowest BCUT2D eigenvalue weighted by Crippen LogP contribution is -2.54. The van der Waals surface area contributed by atoms with Crippen LogP contribution in [0.1, 0.15) is 22.3 Å². The molecule has 0 bridgehead atoms. The molecule has 2 atom stereocenters. The van der Waals surface area contributed by atoms with E-state index >= 15 is 0 Å². The molecule has 1 aromatic carbocycles. The molecule has 1 N–H and O–H groups in total. The summed E-state index contributed by atoms with van der Waals surface area (Å²) in [7, 11) is 0. The van der Waals surface area contributed by atoms with Crippen molar-refractivity contribution < 1.29 is 19.4 Å². The van der Waals surface area contributed by atoms with Crippen molar-refractivity contribution in [3.63, 3.8) is 0 Å². The van der Waals surface area contributed by atoms with Crippen LogP contribution in [0.5, 0.6) is 0 Å². The molecular weight excluding hydrogens is 302 g/mol. The van der Waals surface area contributed by atoms with Gasteiger partial charge in [0.25, 0.3) is 0 Å². The molecule has 22 heavy (non-hydrogen) atoms. The summed E-state index contributed by atoms with van der Waals surface area (Å²) in [4.78, 5) is 25.4. The maximum absolute atomic E-state index is 12.6. The number of amides is 1. The summed E-state index contributed by atoms with van der Waals surface area (Å²) in [5, 5.41) is 9.29. The van der Waals surface area contributed by atoms with Gasteiger partial charge in [-0.25, -0.2) is 4.79 Å². The van der Waals surface area contributed by atoms with Gasteiger partial charge in [-0.2, -0.15) is 11.8 Å². The molecule has 5 nitrogen and oxygen atoms in total. The molecule has 6 heteroatoms. The molecule has 2 aliphatic rings. The maximum atomic E-state index is 12.6. The summed E-state index contributed by atoms with van der Waals surface area (Å²) in [6.45, 7) is 2.24. The van der Waals surface area contributed by atoms with Gasteiger partial charge in [-0.1, -0.05) is 12.1 Å². The van der Waals surface area contributed by atoms with Gasteiger partial charge in [0, 0.05) is 30.2 Å². The summed E-state index contributed by atoms with van der Waals surface area (Å²) in [6.07, 6.45) is 1.23. The lowest BCUT2D eigenvalue weighted by Gasteiger charge is -2.43. The van der Waals surface area contributed by atoms with Gasteiger partial charge in [0.2, 0.25) is 5.91 Å². The van der Waals surface area contributed by atoms with E-state index in [-0.39, 0.29) is 17.5 Å². The van der Waals surface area contributed by atoms with Crippen LogP contribution in [-0.2, 0) is 16.0 Å². The number of ether oxygens (including phenoxy) is 1. The highest BCUT2D eigenvalue weighted by atomic mass is 32.2. The predicted octanol–water partition coefficient (Wildman–Crippen LogP) is 1.66. The second-order valence-corrected chi connectivity index (χ2v) is 6.95. The third kappa shape index (κ3) is 3.28. The molecule has 2 unspecified atom stereocenters. The zero-order valence-corrected chi connectivity index (χ0v) is 13.1. The molecule has 0 aliphatic carbocycles. The van der Waals surface area contributed by atoms with Crippen LogP contribution in [0.2, 0.25) is 0 Å². The number of carboxylic acids is 1. The number of aromatic carboxylic acids is 1. The highest BCUT2D eigenvalue weighted by Crippen LogP contribution is 2.30. The molecule has 2 fully saturated rings. The van der Waals surface area contributed by atoms with Crippen molar-refractivity contribution in [1.29, 1.82) is 0 Å². The summed E-state index contributed by atoms with van der Waals surface area (Å²) in [6, 6.07) is 6.82. The van der Waals surface area contributed by atoms with Crippen molar-refractivity contribution in [1.82, 2.24) is 4.90 Å². The van der Waals surface area contributed by atoms with Crippen molar-refractivity contribution in [3.05, 3.63) is 35.4 Å². The third-order valence-corrected chi connectivity index (χ3v) is 5.51. The Kier molecular flexibility index (Phi) is 4.69. The normalized spacial score (nSPS) is 24.6. The SMILES string of the molecule is O=C(O)c1ccc(CC(=O)N2CCSC3COCCC32)cc1. The first-order valence-corrected chi connectivity index (χ1v) is 8.51. The van der Waals surface area contributed by atoms with E-state index < -0.39 is 5.97 Å². The monoisotopic (exact) mass is 321 g/mol. The second-order valence-electron chi connectivity index (χ2n) is 5.61. The third-order valence-electron chi connectivity index (χ3n) is 4.21. The smallest absolute Gasteiger partial charge is 0.335 e.